The number of halogens is 1. The number of anilines is 1. The molecule has 5 nitrogen and oxygen atoms in total. The summed E-state index contributed by atoms with van der Waals surface area (Å²) in [6, 6.07) is 14.5. The summed E-state index contributed by atoms with van der Waals surface area (Å²) in [5.74, 6) is -1.06. The van der Waals surface area contributed by atoms with Gasteiger partial charge in [0.1, 0.15) is 11.6 Å². The van der Waals surface area contributed by atoms with Gasteiger partial charge in [0.25, 0.3) is 11.8 Å². The summed E-state index contributed by atoms with van der Waals surface area (Å²) in [6.45, 7) is 2.07. The van der Waals surface area contributed by atoms with E-state index in [9.17, 15) is 14.0 Å². The van der Waals surface area contributed by atoms with Gasteiger partial charge in [0.2, 0.25) is 0 Å². The maximum absolute atomic E-state index is 13.6. The molecule has 1 aromatic heterocycles. The lowest BCUT2D eigenvalue weighted by atomic mass is 10.2. The third-order valence-corrected chi connectivity index (χ3v) is 5.04. The average Bonchev–Trinajstić information content (AvgIpc) is 3.11. The molecule has 7 heteroatoms. The molecule has 0 aliphatic rings. The molecular weight excluding hydrogens is 379 g/mol. The Hall–Kier alpha value is -3.19. The Morgan fingerprint density at radius 1 is 1.07 bits per heavy atom. The molecule has 1 heterocycles. The number of hydrogen-bond donors (Lipinski definition) is 2. The Morgan fingerprint density at radius 3 is 2.57 bits per heavy atom. The second-order valence-electron chi connectivity index (χ2n) is 6.02. The van der Waals surface area contributed by atoms with Crippen LogP contribution in [0.1, 0.15) is 20.8 Å². The number of thiophene rings is 1. The maximum Gasteiger partial charge on any atom is 0.262 e. The van der Waals surface area contributed by atoms with Crippen LogP contribution in [0.4, 0.5) is 10.1 Å². The first-order chi connectivity index (χ1) is 13.5. The first-order valence-electron chi connectivity index (χ1n) is 8.62. The molecule has 0 aliphatic heterocycles. The highest BCUT2D eigenvalue weighted by atomic mass is 32.1. The molecule has 0 saturated carbocycles. The number of hydrogen-bond acceptors (Lipinski definition) is 4. The van der Waals surface area contributed by atoms with E-state index in [1.165, 1.54) is 18.2 Å². The zero-order valence-corrected chi connectivity index (χ0v) is 16.0. The zero-order chi connectivity index (χ0) is 19.9. The van der Waals surface area contributed by atoms with Gasteiger partial charge in [-0.2, -0.15) is 0 Å². The molecule has 3 rings (SSSR count). The van der Waals surface area contributed by atoms with Gasteiger partial charge >= 0.3 is 0 Å². The van der Waals surface area contributed by atoms with Crippen molar-refractivity contribution in [2.75, 3.05) is 11.9 Å². The smallest absolute Gasteiger partial charge is 0.262 e. The van der Waals surface area contributed by atoms with Gasteiger partial charge in [-0.15, -0.1) is 11.3 Å². The van der Waals surface area contributed by atoms with Crippen LogP contribution in [0.5, 0.6) is 5.75 Å². The number of rotatable bonds is 7. The van der Waals surface area contributed by atoms with Crippen molar-refractivity contribution in [1.29, 1.82) is 0 Å². The lowest BCUT2D eigenvalue weighted by molar-refractivity contribution is -0.118. The zero-order valence-electron chi connectivity index (χ0n) is 15.2. The van der Waals surface area contributed by atoms with Crippen molar-refractivity contribution < 1.29 is 18.7 Å². The Bertz CT molecular complexity index is 987. The lowest BCUT2D eigenvalue weighted by Crippen LogP contribution is -2.25. The third-order valence-electron chi connectivity index (χ3n) is 4.02. The average molecular weight is 398 g/mol. The standard InChI is InChI=1S/C21H19FN2O3S/c1-14-10-11-28-19(14)12-23-21(26)15-6-2-5-9-18(15)27-13-20(25)24-17-8-4-3-7-16(17)22/h2-11H,12-13H2,1H3,(H,23,26)(H,24,25). The van der Waals surface area contributed by atoms with E-state index in [0.717, 1.165) is 10.4 Å². The first-order valence-corrected chi connectivity index (χ1v) is 9.50. The molecule has 0 aliphatic carbocycles. The minimum absolute atomic E-state index is 0.0773. The highest BCUT2D eigenvalue weighted by Gasteiger charge is 2.14. The highest BCUT2D eigenvalue weighted by Crippen LogP contribution is 2.20. The van der Waals surface area contributed by atoms with Crippen LogP contribution in [-0.4, -0.2) is 18.4 Å². The van der Waals surface area contributed by atoms with Crippen molar-refractivity contribution in [3.8, 4) is 5.75 Å². The van der Waals surface area contributed by atoms with Crippen molar-refractivity contribution in [2.45, 2.75) is 13.5 Å². The molecule has 28 heavy (non-hydrogen) atoms. The molecule has 0 fully saturated rings. The SMILES string of the molecule is Cc1ccsc1CNC(=O)c1ccccc1OCC(=O)Nc1ccccc1F. The van der Waals surface area contributed by atoms with Gasteiger partial charge in [0.15, 0.2) is 6.61 Å². The Balaban J connectivity index is 1.60. The van der Waals surface area contributed by atoms with E-state index in [-0.39, 0.29) is 24.0 Å². The summed E-state index contributed by atoms with van der Waals surface area (Å²) >= 11 is 1.58. The van der Waals surface area contributed by atoms with Crippen molar-refractivity contribution in [1.82, 2.24) is 5.32 Å². The quantitative estimate of drug-likeness (QED) is 0.628. The van der Waals surface area contributed by atoms with Crippen molar-refractivity contribution >= 4 is 28.8 Å². The van der Waals surface area contributed by atoms with Gasteiger partial charge in [0.05, 0.1) is 17.8 Å². The van der Waals surface area contributed by atoms with Crippen molar-refractivity contribution in [2.24, 2.45) is 0 Å². The van der Waals surface area contributed by atoms with E-state index in [1.807, 2.05) is 18.4 Å². The van der Waals surface area contributed by atoms with Gasteiger partial charge in [-0.3, -0.25) is 9.59 Å². The van der Waals surface area contributed by atoms with Crippen LogP contribution in [0.25, 0.3) is 0 Å². The van der Waals surface area contributed by atoms with E-state index in [2.05, 4.69) is 10.6 Å². The summed E-state index contributed by atoms with van der Waals surface area (Å²) in [4.78, 5) is 25.6. The molecule has 0 radical (unpaired) electrons. The molecule has 144 valence electrons. The van der Waals surface area contributed by atoms with Gasteiger partial charge in [-0.05, 0) is 48.2 Å². The van der Waals surface area contributed by atoms with E-state index in [4.69, 9.17) is 4.74 Å². The van der Waals surface area contributed by atoms with Gasteiger partial charge in [-0.25, -0.2) is 4.39 Å². The molecule has 0 unspecified atom stereocenters. The van der Waals surface area contributed by atoms with E-state index in [1.54, 1.807) is 41.7 Å². The number of carbonyl (C=O) groups is 2. The first kappa shape index (κ1) is 19.6. The van der Waals surface area contributed by atoms with Crippen molar-refractivity contribution in [3.63, 3.8) is 0 Å². The Labute approximate surface area is 166 Å². The number of nitrogens with one attached hydrogen (secondary N) is 2. The normalized spacial score (nSPS) is 10.4. The largest absolute Gasteiger partial charge is 0.483 e. The minimum atomic E-state index is -0.528. The lowest BCUT2D eigenvalue weighted by Gasteiger charge is -2.12. The number of carbonyl (C=O) groups excluding carboxylic acids is 2. The maximum atomic E-state index is 13.6. The fraction of sp³-hybridized carbons (Fsp3) is 0.143. The van der Waals surface area contributed by atoms with Crippen LogP contribution in [0.2, 0.25) is 0 Å². The second-order valence-corrected chi connectivity index (χ2v) is 7.02. The van der Waals surface area contributed by atoms with Gasteiger partial charge < -0.3 is 15.4 Å². The molecule has 2 aromatic carbocycles. The number of ether oxygens (including phenoxy) is 1. The summed E-state index contributed by atoms with van der Waals surface area (Å²) < 4.78 is 19.1. The van der Waals surface area contributed by atoms with Crippen LogP contribution in [0.3, 0.4) is 0 Å². The summed E-state index contributed by atoms with van der Waals surface area (Å²) in [5, 5.41) is 7.27. The molecule has 2 amide bonds. The molecular formula is C21H19FN2O3S. The predicted molar refractivity (Wildman–Crippen MR) is 107 cm³/mol. The predicted octanol–water partition coefficient (Wildman–Crippen LogP) is 4.14. The monoisotopic (exact) mass is 398 g/mol. The Kier molecular flexibility index (Phi) is 6.39. The molecule has 3 aromatic rings. The van der Waals surface area contributed by atoms with Crippen LogP contribution in [0, 0.1) is 12.7 Å². The number of para-hydroxylation sites is 2. The molecule has 0 atom stereocenters. The topological polar surface area (TPSA) is 67.4 Å². The summed E-state index contributed by atoms with van der Waals surface area (Å²) in [6.07, 6.45) is 0. The van der Waals surface area contributed by atoms with Crippen LogP contribution in [0.15, 0.2) is 60.0 Å². The van der Waals surface area contributed by atoms with E-state index >= 15 is 0 Å². The second kappa shape index (κ2) is 9.14. The van der Waals surface area contributed by atoms with E-state index < -0.39 is 11.7 Å². The minimum Gasteiger partial charge on any atom is -0.483 e. The number of benzene rings is 2. The summed E-state index contributed by atoms with van der Waals surface area (Å²) in [5.41, 5.74) is 1.53. The molecule has 0 spiro atoms. The van der Waals surface area contributed by atoms with Crippen LogP contribution in [-0.2, 0) is 11.3 Å². The fourth-order valence-corrected chi connectivity index (χ4v) is 3.36. The fourth-order valence-electron chi connectivity index (χ4n) is 2.51. The van der Waals surface area contributed by atoms with Crippen LogP contribution < -0.4 is 15.4 Å². The third kappa shape index (κ3) is 4.95. The summed E-state index contributed by atoms with van der Waals surface area (Å²) in [7, 11) is 0. The van der Waals surface area contributed by atoms with Gasteiger partial charge in [-0.1, -0.05) is 24.3 Å². The Morgan fingerprint density at radius 2 is 1.82 bits per heavy atom. The number of aryl methyl sites for hydroxylation is 1. The molecule has 2 N–H and O–H groups in total. The van der Waals surface area contributed by atoms with E-state index in [0.29, 0.717) is 12.1 Å². The van der Waals surface area contributed by atoms with Crippen molar-refractivity contribution in [3.05, 3.63) is 81.8 Å². The van der Waals surface area contributed by atoms with Crippen LogP contribution >= 0.6 is 11.3 Å². The number of amides is 2. The van der Waals surface area contributed by atoms with Gasteiger partial charge in [0, 0.05) is 4.88 Å². The molecule has 0 bridgehead atoms. The molecule has 0 saturated heterocycles. The highest BCUT2D eigenvalue weighted by molar-refractivity contribution is 7.10.